The van der Waals surface area contributed by atoms with Crippen molar-refractivity contribution in [2.75, 3.05) is 10.6 Å². The number of carbonyl (C=O) groups is 2. The second-order valence-corrected chi connectivity index (χ2v) is 32.4. The molecule has 0 radical (unpaired) electrons. The van der Waals surface area contributed by atoms with Crippen LogP contribution in [-0.2, 0) is 16.2 Å². The van der Waals surface area contributed by atoms with Gasteiger partial charge in [0.15, 0.2) is 0 Å². The maximum atomic E-state index is 15.7. The average molecular weight is 1440 g/mol. The highest BCUT2D eigenvalue weighted by Gasteiger charge is 2.56. The Morgan fingerprint density at radius 3 is 0.955 bits per heavy atom. The number of hydrogen-bond acceptors (Lipinski definition) is 6. The lowest BCUT2D eigenvalue weighted by molar-refractivity contribution is -0.00530. The van der Waals surface area contributed by atoms with Gasteiger partial charge in [0.1, 0.15) is 23.0 Å². The molecule has 0 saturated heterocycles. The highest BCUT2D eigenvalue weighted by molar-refractivity contribution is 6.10. The van der Waals surface area contributed by atoms with Crippen LogP contribution in [0.4, 0.5) is 11.4 Å². The highest BCUT2D eigenvalue weighted by atomic mass is 16.3. The summed E-state index contributed by atoms with van der Waals surface area (Å²) in [6.45, 7) is 0. The fraction of sp³-hybridized carbons (Fsp3) is 0.204. The minimum Gasteiger partial charge on any atom is -0.508 e. The van der Waals surface area contributed by atoms with Gasteiger partial charge in [-0.3, -0.25) is 9.59 Å². The quantitative estimate of drug-likeness (QED) is 0.0754. The summed E-state index contributed by atoms with van der Waals surface area (Å²) in [5.74, 6) is 28.7. The van der Waals surface area contributed by atoms with E-state index in [2.05, 4.69) is 94.4 Å². The fourth-order valence-corrected chi connectivity index (χ4v) is 21.4. The lowest BCUT2D eigenvalue weighted by Crippen LogP contribution is -2.48. The van der Waals surface area contributed by atoms with E-state index in [1.807, 2.05) is 170 Å². The zero-order chi connectivity index (χ0) is 75.0. The van der Waals surface area contributed by atoms with Crippen LogP contribution in [0.25, 0.3) is 33.4 Å². The van der Waals surface area contributed by atoms with Gasteiger partial charge in [0.25, 0.3) is 11.8 Å². The van der Waals surface area contributed by atoms with Crippen LogP contribution in [0.3, 0.4) is 0 Å². The van der Waals surface area contributed by atoms with E-state index in [1.54, 1.807) is 60.7 Å². The molecule has 0 heterocycles. The van der Waals surface area contributed by atoms with Crippen molar-refractivity contribution in [1.29, 1.82) is 0 Å². The van der Waals surface area contributed by atoms with E-state index in [-0.39, 0.29) is 56.3 Å². The molecule has 0 aliphatic heterocycles. The molecule has 12 aromatic carbocycles. The Morgan fingerprint density at radius 2 is 0.604 bits per heavy atom. The third-order valence-electron chi connectivity index (χ3n) is 25.4. The van der Waals surface area contributed by atoms with E-state index in [1.165, 1.54) is 49.7 Å². The van der Waals surface area contributed by atoms with Gasteiger partial charge < -0.3 is 31.1 Å². The molecule has 12 aromatic rings. The molecule has 6 N–H and O–H groups in total. The van der Waals surface area contributed by atoms with E-state index >= 15 is 9.59 Å². The zero-order valence-electron chi connectivity index (χ0n) is 61.5. The predicted molar refractivity (Wildman–Crippen MR) is 439 cm³/mol. The van der Waals surface area contributed by atoms with Crippen molar-refractivity contribution < 1.29 is 30.0 Å². The number of nitrogens with one attached hydrogen (secondary N) is 2. The average Bonchev–Trinajstić information content (AvgIpc) is 1.54. The topological polar surface area (TPSA) is 139 Å². The molecule has 8 nitrogen and oxygen atoms in total. The van der Waals surface area contributed by atoms with Crippen molar-refractivity contribution in [2.45, 2.75) is 93.3 Å². The van der Waals surface area contributed by atoms with Gasteiger partial charge >= 0.3 is 0 Å². The summed E-state index contributed by atoms with van der Waals surface area (Å²) in [5.41, 5.74) is 14.1. The normalized spacial score (nSPS) is 21.3. The number of phenolic OH excluding ortho intramolecular Hbond substituents is 4. The van der Waals surface area contributed by atoms with Gasteiger partial charge in [-0.2, -0.15) is 0 Å². The number of amides is 2. The number of fused-ring (bicyclic) bond motifs is 3. The van der Waals surface area contributed by atoms with E-state index in [0.29, 0.717) is 91.1 Å². The lowest BCUT2D eigenvalue weighted by Gasteiger charge is -2.57. The second-order valence-electron chi connectivity index (χ2n) is 32.4. The van der Waals surface area contributed by atoms with E-state index in [9.17, 15) is 20.4 Å². The van der Waals surface area contributed by atoms with Gasteiger partial charge in [0, 0.05) is 55.6 Å². The predicted octanol–water partition coefficient (Wildman–Crippen LogP) is 21.2. The number of hydrogen-bond donors (Lipinski definition) is 6. The maximum Gasteiger partial charge on any atom is 0.255 e. The largest absolute Gasteiger partial charge is 0.508 e. The van der Waals surface area contributed by atoms with Gasteiger partial charge in [-0.15, -0.1) is 0 Å². The molecule has 0 atom stereocenters. The Hall–Kier alpha value is -13.0. The van der Waals surface area contributed by atoms with Crippen molar-refractivity contribution in [3.8, 4) is 104 Å². The molecule has 9 aliphatic carbocycles. The summed E-state index contributed by atoms with van der Waals surface area (Å²) in [5, 5.41) is 57.0. The van der Waals surface area contributed by atoms with Gasteiger partial charge in [-0.1, -0.05) is 181 Å². The smallest absolute Gasteiger partial charge is 0.255 e. The number of anilines is 2. The summed E-state index contributed by atoms with van der Waals surface area (Å²) < 4.78 is 0. The first-order valence-corrected chi connectivity index (χ1v) is 39.1. The number of carbonyl (C=O) groups excluding carboxylic acids is 2. The number of phenols is 4. The van der Waals surface area contributed by atoms with Crippen molar-refractivity contribution in [3.63, 3.8) is 0 Å². The fourth-order valence-electron chi connectivity index (χ4n) is 21.4. The Bertz CT molecular complexity index is 5610. The van der Waals surface area contributed by atoms with Crippen molar-refractivity contribution in [2.24, 2.45) is 35.5 Å². The lowest BCUT2D eigenvalue weighted by atomic mass is 9.47. The Morgan fingerprint density at radius 1 is 0.288 bits per heavy atom. The third kappa shape index (κ3) is 12.7. The molecule has 2 amide bonds. The van der Waals surface area contributed by atoms with E-state index < -0.39 is 17.2 Å². The summed E-state index contributed by atoms with van der Waals surface area (Å²) in [6, 6.07) is 85.5. The van der Waals surface area contributed by atoms with Crippen LogP contribution in [0.2, 0.25) is 0 Å². The molecule has 8 saturated carbocycles. The second kappa shape index (κ2) is 27.9. The molecule has 111 heavy (non-hydrogen) atoms. The van der Waals surface area contributed by atoms with E-state index in [0.717, 1.165) is 83.0 Å². The minimum absolute atomic E-state index is 0.0508. The highest BCUT2D eigenvalue weighted by Crippen LogP contribution is 2.67. The SMILES string of the molecule is O=C(Nc1c(-c2cc(O)ccc2C2(c3ccc(O)cc3-c3ccc(O)c(C#Cc4ccccc4)c3NC(=O)c3cccc(C#Cc4ccccc4)c3)c3cc(C45CC6CC(CC(C6)C4)C5)ccc3-c3ccc(C45CC6CC(CC(C6)C4)C5)cc32)ccc(O)c1C#Cc1ccccc1)c1cccc(C#Cc2ccccc2)c1. The van der Waals surface area contributed by atoms with E-state index in [4.69, 9.17) is 0 Å². The number of benzene rings is 12. The van der Waals surface area contributed by atoms with Crippen LogP contribution < -0.4 is 10.6 Å². The summed E-state index contributed by atoms with van der Waals surface area (Å²) in [4.78, 5) is 31.3. The first kappa shape index (κ1) is 68.5. The first-order chi connectivity index (χ1) is 54.3. The number of rotatable bonds is 10. The van der Waals surface area contributed by atoms with Crippen LogP contribution in [0.5, 0.6) is 23.0 Å². The van der Waals surface area contributed by atoms with Gasteiger partial charge in [0.05, 0.1) is 27.9 Å². The molecule has 0 spiro atoms. The first-order valence-electron chi connectivity index (χ1n) is 39.1. The third-order valence-corrected chi connectivity index (χ3v) is 25.4. The van der Waals surface area contributed by atoms with Crippen molar-refractivity contribution in [3.05, 3.63) is 356 Å². The van der Waals surface area contributed by atoms with Gasteiger partial charge in [0.2, 0.25) is 0 Å². The van der Waals surface area contributed by atoms with Crippen molar-refractivity contribution >= 4 is 23.2 Å². The standard InChI is InChI=1S/C103H80N2O6/c106-81-35-43-91(89(57-81)85-41-45-95(108)87(37-31-67-19-9-3-10-20-67)97(85)104-99(110)77-25-13-23-69(53-77)29-27-65-15-5-1-6-16-65)103(93-55-79(101-59-71-47-72(60-101)49-73(48-71)61-101)33-39-83(93)84-40-34-80(56-94(84)103)102-62-74-50-75(63-102)52-76(51-74)64-102)92-44-36-82(107)58-90(92)86-42-46-96(109)88(38-32-68-21-11-4-12-22-68)98(86)105-100(111)78-26-14-24-70(54-78)30-28-66-17-7-2-8-18-66/h1-26,33-36,39-46,53-58,71-76,106-109H,47-52,59-64H2,(H,104,110)(H,105,111). The van der Waals surface area contributed by atoms with Gasteiger partial charge in [-0.25, -0.2) is 0 Å². The zero-order valence-corrected chi connectivity index (χ0v) is 61.5. The van der Waals surface area contributed by atoms with Crippen LogP contribution >= 0.6 is 0 Å². The van der Waals surface area contributed by atoms with Crippen LogP contribution in [0, 0.1) is 82.9 Å². The molecule has 8 bridgehead atoms. The van der Waals surface area contributed by atoms with Crippen LogP contribution in [0.15, 0.2) is 267 Å². The minimum atomic E-state index is -1.42. The van der Waals surface area contributed by atoms with Crippen LogP contribution in [0.1, 0.15) is 176 Å². The Labute approximate surface area is 648 Å². The molecule has 8 fully saturated rings. The molecule has 21 rings (SSSR count). The summed E-state index contributed by atoms with van der Waals surface area (Å²) in [6.07, 6.45) is 14.1. The molecule has 9 aliphatic rings. The Kier molecular flexibility index (Phi) is 17.2. The van der Waals surface area contributed by atoms with Crippen LogP contribution in [-0.4, -0.2) is 32.2 Å². The molecule has 538 valence electrons. The monoisotopic (exact) mass is 1440 g/mol. The molecular formula is C103H80N2O6. The summed E-state index contributed by atoms with van der Waals surface area (Å²) in [7, 11) is 0. The Balaban J connectivity index is 0.891. The molecule has 8 heteroatoms. The molecule has 0 unspecified atom stereocenters. The molecular weight excluding hydrogens is 1360 g/mol. The molecule has 0 aromatic heterocycles. The summed E-state index contributed by atoms with van der Waals surface area (Å²) >= 11 is 0. The maximum absolute atomic E-state index is 15.7. The van der Waals surface area contributed by atoms with Crippen molar-refractivity contribution in [1.82, 2.24) is 0 Å². The van der Waals surface area contributed by atoms with Gasteiger partial charge in [-0.05, 0) is 312 Å². The number of aromatic hydroxyl groups is 4.